The summed E-state index contributed by atoms with van der Waals surface area (Å²) in [5.41, 5.74) is 1.39. The molecular formula is C22H20FN3O2S. The molecule has 0 aliphatic carbocycles. The van der Waals surface area contributed by atoms with Crippen molar-refractivity contribution in [2.45, 2.75) is 25.7 Å². The van der Waals surface area contributed by atoms with Gasteiger partial charge in [0.1, 0.15) is 5.82 Å². The molecule has 0 aliphatic heterocycles. The third-order valence-electron chi connectivity index (χ3n) is 4.49. The van der Waals surface area contributed by atoms with Crippen molar-refractivity contribution in [2.24, 2.45) is 0 Å². The Morgan fingerprint density at radius 2 is 1.93 bits per heavy atom. The molecule has 5 nitrogen and oxygen atoms in total. The molecule has 148 valence electrons. The largest absolute Gasteiger partial charge is 0.441 e. The van der Waals surface area contributed by atoms with E-state index in [4.69, 9.17) is 4.42 Å². The van der Waals surface area contributed by atoms with Gasteiger partial charge in [0, 0.05) is 25.8 Å². The number of hydrogen-bond acceptors (Lipinski definition) is 5. The average Bonchev–Trinajstić information content (AvgIpc) is 3.36. The maximum Gasteiger partial charge on any atom is 0.220 e. The molecule has 1 N–H and O–H groups in total. The molecule has 0 saturated carbocycles. The number of nitrogens with one attached hydrogen (secondary N) is 1. The Hall–Kier alpha value is -3.06. The monoisotopic (exact) mass is 409 g/mol. The molecule has 0 atom stereocenters. The molecular weight excluding hydrogens is 389 g/mol. The van der Waals surface area contributed by atoms with E-state index in [2.05, 4.69) is 21.4 Å². The summed E-state index contributed by atoms with van der Waals surface area (Å²) in [6.07, 6.45) is 3.81. The molecule has 0 spiro atoms. The highest BCUT2D eigenvalue weighted by atomic mass is 32.1. The van der Waals surface area contributed by atoms with Crippen molar-refractivity contribution in [1.29, 1.82) is 0 Å². The van der Waals surface area contributed by atoms with Gasteiger partial charge in [0.25, 0.3) is 0 Å². The van der Waals surface area contributed by atoms with E-state index in [0.717, 1.165) is 23.4 Å². The minimum absolute atomic E-state index is 0.0556. The second-order valence-corrected chi connectivity index (χ2v) is 7.74. The Balaban J connectivity index is 1.20. The summed E-state index contributed by atoms with van der Waals surface area (Å²) in [7, 11) is 0. The molecule has 4 aromatic rings. The molecule has 4 rings (SSSR count). The highest BCUT2D eigenvalue weighted by molar-refractivity contribution is 7.18. The Bertz CT molecular complexity index is 1090. The van der Waals surface area contributed by atoms with Crippen molar-refractivity contribution in [1.82, 2.24) is 15.3 Å². The van der Waals surface area contributed by atoms with Gasteiger partial charge in [0.05, 0.1) is 27.0 Å². The van der Waals surface area contributed by atoms with E-state index in [1.807, 2.05) is 18.2 Å². The summed E-state index contributed by atoms with van der Waals surface area (Å²) in [5.74, 6) is 0.378. The van der Waals surface area contributed by atoms with Crippen LogP contribution in [0.15, 0.2) is 59.1 Å². The van der Waals surface area contributed by atoms with E-state index in [9.17, 15) is 9.18 Å². The van der Waals surface area contributed by atoms with Crippen LogP contribution in [0.5, 0.6) is 0 Å². The van der Waals surface area contributed by atoms with Crippen LogP contribution in [-0.2, 0) is 17.6 Å². The predicted molar refractivity (Wildman–Crippen MR) is 111 cm³/mol. The van der Waals surface area contributed by atoms with Crippen LogP contribution < -0.4 is 5.32 Å². The predicted octanol–water partition coefficient (Wildman–Crippen LogP) is 4.77. The smallest absolute Gasteiger partial charge is 0.220 e. The number of nitrogens with zero attached hydrogens (tertiary/aromatic N) is 2. The highest BCUT2D eigenvalue weighted by Crippen LogP contribution is 2.24. The molecule has 0 aliphatic rings. The number of hydrogen-bond donors (Lipinski definition) is 1. The van der Waals surface area contributed by atoms with Gasteiger partial charge in [-0.05, 0) is 30.7 Å². The third kappa shape index (κ3) is 4.86. The van der Waals surface area contributed by atoms with Gasteiger partial charge in [-0.3, -0.25) is 4.79 Å². The number of amides is 1. The van der Waals surface area contributed by atoms with Crippen molar-refractivity contribution in [3.8, 4) is 11.3 Å². The fourth-order valence-electron chi connectivity index (χ4n) is 3.01. The van der Waals surface area contributed by atoms with Gasteiger partial charge in [-0.2, -0.15) is 0 Å². The average molecular weight is 409 g/mol. The molecule has 2 aromatic heterocycles. The quantitative estimate of drug-likeness (QED) is 0.426. The first-order chi connectivity index (χ1) is 14.2. The number of thiazole rings is 1. The van der Waals surface area contributed by atoms with E-state index >= 15 is 0 Å². The lowest BCUT2D eigenvalue weighted by Crippen LogP contribution is -2.25. The molecule has 7 heteroatoms. The van der Waals surface area contributed by atoms with E-state index in [1.165, 1.54) is 17.0 Å². The zero-order valence-corrected chi connectivity index (χ0v) is 16.5. The molecule has 0 radical (unpaired) electrons. The van der Waals surface area contributed by atoms with Gasteiger partial charge in [0.2, 0.25) is 5.91 Å². The first-order valence-corrected chi connectivity index (χ1v) is 10.3. The van der Waals surface area contributed by atoms with Crippen molar-refractivity contribution in [2.75, 3.05) is 6.54 Å². The number of aryl methyl sites for hydroxylation is 2. The normalized spacial score (nSPS) is 11.1. The number of aromatic nitrogens is 2. The van der Waals surface area contributed by atoms with Crippen LogP contribution in [0.2, 0.25) is 0 Å². The summed E-state index contributed by atoms with van der Waals surface area (Å²) >= 11 is 1.69. The topological polar surface area (TPSA) is 68.0 Å². The van der Waals surface area contributed by atoms with Gasteiger partial charge in [-0.25, -0.2) is 14.4 Å². The van der Waals surface area contributed by atoms with Crippen LogP contribution in [0.25, 0.3) is 21.5 Å². The summed E-state index contributed by atoms with van der Waals surface area (Å²) in [6, 6.07) is 14.4. The molecule has 2 aromatic carbocycles. The van der Waals surface area contributed by atoms with Gasteiger partial charge in [-0.15, -0.1) is 11.3 Å². The minimum Gasteiger partial charge on any atom is -0.441 e. The molecule has 1 amide bonds. The van der Waals surface area contributed by atoms with Gasteiger partial charge >= 0.3 is 0 Å². The van der Waals surface area contributed by atoms with Gasteiger partial charge in [0.15, 0.2) is 11.7 Å². The van der Waals surface area contributed by atoms with E-state index in [1.54, 1.807) is 29.5 Å². The minimum atomic E-state index is -0.360. The summed E-state index contributed by atoms with van der Waals surface area (Å²) in [6.45, 7) is 0.598. The number of rotatable bonds is 8. The summed E-state index contributed by atoms with van der Waals surface area (Å²) < 4.78 is 20.6. The molecule has 0 bridgehead atoms. The second-order valence-electron chi connectivity index (χ2n) is 6.63. The zero-order valence-electron chi connectivity index (χ0n) is 15.7. The Labute approximate surface area is 171 Å². The lowest BCUT2D eigenvalue weighted by atomic mass is 10.2. The number of carbonyl (C=O) groups excluding carboxylic acids is 1. The van der Waals surface area contributed by atoms with E-state index in [0.29, 0.717) is 30.2 Å². The number of carbonyl (C=O) groups is 1. The maximum atomic E-state index is 13.8. The van der Waals surface area contributed by atoms with Crippen LogP contribution >= 0.6 is 11.3 Å². The maximum absolute atomic E-state index is 13.8. The van der Waals surface area contributed by atoms with Crippen molar-refractivity contribution < 1.29 is 13.6 Å². The van der Waals surface area contributed by atoms with Crippen molar-refractivity contribution >= 4 is 27.5 Å². The van der Waals surface area contributed by atoms with Crippen molar-refractivity contribution in [3.63, 3.8) is 0 Å². The Morgan fingerprint density at radius 1 is 1.10 bits per heavy atom. The fourth-order valence-corrected chi connectivity index (χ4v) is 4.02. The third-order valence-corrected chi connectivity index (χ3v) is 5.58. The Kier molecular flexibility index (Phi) is 5.95. The summed E-state index contributed by atoms with van der Waals surface area (Å²) in [4.78, 5) is 20.8. The van der Waals surface area contributed by atoms with Crippen LogP contribution in [0.1, 0.15) is 23.7 Å². The van der Waals surface area contributed by atoms with E-state index in [-0.39, 0.29) is 18.1 Å². The van der Waals surface area contributed by atoms with Crippen LogP contribution in [0.3, 0.4) is 0 Å². The summed E-state index contributed by atoms with van der Waals surface area (Å²) in [5, 5.41) is 4.00. The van der Waals surface area contributed by atoms with Crippen LogP contribution in [0.4, 0.5) is 4.39 Å². The number of halogens is 1. The van der Waals surface area contributed by atoms with Gasteiger partial charge < -0.3 is 9.73 Å². The zero-order chi connectivity index (χ0) is 20.1. The lowest BCUT2D eigenvalue weighted by molar-refractivity contribution is -0.121. The highest BCUT2D eigenvalue weighted by Gasteiger charge is 2.12. The van der Waals surface area contributed by atoms with Crippen LogP contribution in [0, 0.1) is 5.82 Å². The molecule has 0 fully saturated rings. The number of benzene rings is 2. The standard InChI is InChI=1S/C22H20FN3O2S/c23-16-7-2-1-6-15(16)18-14-25-21(28-18)12-11-20(27)24-13-5-10-22-26-17-8-3-4-9-19(17)29-22/h1-4,6-9,14H,5,10-13H2,(H,24,27). The number of para-hydroxylation sites is 1. The molecule has 2 heterocycles. The van der Waals surface area contributed by atoms with Crippen molar-refractivity contribution in [3.05, 3.63) is 71.4 Å². The number of fused-ring (bicyclic) bond motifs is 1. The molecule has 0 unspecified atom stereocenters. The van der Waals surface area contributed by atoms with Crippen LogP contribution in [-0.4, -0.2) is 22.4 Å². The first-order valence-electron chi connectivity index (χ1n) is 9.50. The van der Waals surface area contributed by atoms with E-state index < -0.39 is 0 Å². The molecule has 29 heavy (non-hydrogen) atoms. The van der Waals surface area contributed by atoms with Gasteiger partial charge in [-0.1, -0.05) is 24.3 Å². The SMILES string of the molecule is O=C(CCc1ncc(-c2ccccc2F)o1)NCCCc1nc2ccccc2s1. The first kappa shape index (κ1) is 19.3. The lowest BCUT2D eigenvalue weighted by Gasteiger charge is -2.03. The fraction of sp³-hybridized carbons (Fsp3) is 0.227. The Morgan fingerprint density at radius 3 is 2.79 bits per heavy atom. The second kappa shape index (κ2) is 8.96. The molecule has 0 saturated heterocycles. The number of oxazole rings is 1.